The Bertz CT molecular complexity index is 612. The van der Waals surface area contributed by atoms with Gasteiger partial charge in [0.1, 0.15) is 24.2 Å². The van der Waals surface area contributed by atoms with Crippen LogP contribution in [0.1, 0.15) is 20.8 Å². The van der Waals surface area contributed by atoms with Gasteiger partial charge >= 0.3 is 6.09 Å². The molecule has 2 amide bonds. The molecule has 1 atom stereocenters. The van der Waals surface area contributed by atoms with Crippen LogP contribution >= 0.6 is 0 Å². The summed E-state index contributed by atoms with van der Waals surface area (Å²) in [6.45, 7) is 4.98. The average Bonchev–Trinajstić information content (AvgIpc) is 2.50. The lowest BCUT2D eigenvalue weighted by molar-refractivity contribution is -0.125. The van der Waals surface area contributed by atoms with E-state index in [1.54, 1.807) is 20.8 Å². The molecule has 120 valence electrons. The summed E-state index contributed by atoms with van der Waals surface area (Å²) in [6, 6.07) is 2.85. The molecule has 0 unspecified atom stereocenters. The van der Waals surface area contributed by atoms with Crippen LogP contribution in [0.4, 0.5) is 14.9 Å². The normalized spacial score (nSPS) is 18.3. The molecule has 0 saturated carbocycles. The van der Waals surface area contributed by atoms with E-state index in [2.05, 4.69) is 0 Å². The van der Waals surface area contributed by atoms with Gasteiger partial charge in [-0.05, 0) is 32.9 Å². The first-order valence-electron chi connectivity index (χ1n) is 6.85. The molecule has 1 N–H and O–H groups in total. The number of carboxylic acid groups (broad SMARTS) is 1. The SMILES string of the molecule is CN1C(=O)[C@@H](N(C(=O)O)C(C)(C)C)COc2ccc(F)cc21. The number of carbonyl (C=O) groups is 2. The van der Waals surface area contributed by atoms with Crippen LogP contribution in [0.5, 0.6) is 5.75 Å². The first-order valence-corrected chi connectivity index (χ1v) is 6.85. The van der Waals surface area contributed by atoms with Gasteiger partial charge in [-0.25, -0.2) is 9.18 Å². The monoisotopic (exact) mass is 310 g/mol. The van der Waals surface area contributed by atoms with Crippen molar-refractivity contribution in [3.8, 4) is 5.75 Å². The lowest BCUT2D eigenvalue weighted by Gasteiger charge is -2.38. The largest absolute Gasteiger partial charge is 0.489 e. The zero-order valence-electron chi connectivity index (χ0n) is 13.0. The van der Waals surface area contributed by atoms with Gasteiger partial charge in [0.2, 0.25) is 0 Å². The third-order valence-corrected chi connectivity index (χ3v) is 3.54. The molecule has 0 aliphatic carbocycles. The lowest BCUT2D eigenvalue weighted by atomic mass is 10.0. The van der Waals surface area contributed by atoms with Crippen molar-refractivity contribution in [1.82, 2.24) is 4.90 Å². The van der Waals surface area contributed by atoms with E-state index < -0.39 is 29.4 Å². The molecule has 1 heterocycles. The Morgan fingerprint density at radius 1 is 1.45 bits per heavy atom. The fourth-order valence-electron chi connectivity index (χ4n) is 2.53. The van der Waals surface area contributed by atoms with Gasteiger partial charge in [-0.3, -0.25) is 9.69 Å². The van der Waals surface area contributed by atoms with Gasteiger partial charge in [0.05, 0.1) is 5.69 Å². The number of ether oxygens (including phenoxy) is 1. The quantitative estimate of drug-likeness (QED) is 0.864. The molecule has 0 radical (unpaired) electrons. The highest BCUT2D eigenvalue weighted by Crippen LogP contribution is 2.33. The number of likely N-dealkylation sites (N-methyl/N-ethyl adjacent to an activating group) is 1. The molecule has 6 nitrogen and oxygen atoms in total. The van der Waals surface area contributed by atoms with E-state index in [-0.39, 0.29) is 12.3 Å². The molecule has 1 aromatic carbocycles. The Morgan fingerprint density at radius 2 is 2.09 bits per heavy atom. The van der Waals surface area contributed by atoms with E-state index in [0.29, 0.717) is 5.75 Å². The molecule has 1 aromatic rings. The van der Waals surface area contributed by atoms with Gasteiger partial charge in [0.25, 0.3) is 5.91 Å². The number of hydrogen-bond acceptors (Lipinski definition) is 3. The summed E-state index contributed by atoms with van der Waals surface area (Å²) in [5.41, 5.74) is -0.496. The van der Waals surface area contributed by atoms with Crippen LogP contribution < -0.4 is 9.64 Å². The minimum Gasteiger partial charge on any atom is -0.489 e. The van der Waals surface area contributed by atoms with Crippen molar-refractivity contribution >= 4 is 17.7 Å². The van der Waals surface area contributed by atoms with Gasteiger partial charge in [0.15, 0.2) is 0 Å². The molecule has 0 fully saturated rings. The van der Waals surface area contributed by atoms with Crippen molar-refractivity contribution < 1.29 is 23.8 Å². The maximum absolute atomic E-state index is 13.4. The van der Waals surface area contributed by atoms with E-state index in [4.69, 9.17) is 4.74 Å². The van der Waals surface area contributed by atoms with Crippen LogP contribution in [-0.4, -0.2) is 47.2 Å². The summed E-state index contributed by atoms with van der Waals surface area (Å²) < 4.78 is 19.0. The first-order chi connectivity index (χ1) is 10.1. The summed E-state index contributed by atoms with van der Waals surface area (Å²) >= 11 is 0. The van der Waals surface area contributed by atoms with Crippen LogP contribution in [-0.2, 0) is 4.79 Å². The highest BCUT2D eigenvalue weighted by Gasteiger charge is 2.41. The van der Waals surface area contributed by atoms with Crippen molar-refractivity contribution in [3.05, 3.63) is 24.0 Å². The zero-order valence-corrected chi connectivity index (χ0v) is 13.0. The number of fused-ring (bicyclic) bond motifs is 1. The fraction of sp³-hybridized carbons (Fsp3) is 0.467. The number of amides is 2. The molecule has 2 rings (SSSR count). The number of halogens is 1. The van der Waals surface area contributed by atoms with Gasteiger partial charge < -0.3 is 14.7 Å². The first kappa shape index (κ1) is 16.1. The number of nitrogens with zero attached hydrogens (tertiary/aromatic N) is 2. The summed E-state index contributed by atoms with van der Waals surface area (Å²) in [5, 5.41) is 9.46. The molecule has 0 spiro atoms. The lowest BCUT2D eigenvalue weighted by Crippen LogP contribution is -2.58. The molecular formula is C15H19FN2O4. The third-order valence-electron chi connectivity index (χ3n) is 3.54. The summed E-state index contributed by atoms with van der Waals surface area (Å²) in [7, 11) is 1.48. The predicted octanol–water partition coefficient (Wildman–Crippen LogP) is 2.33. The van der Waals surface area contributed by atoms with Gasteiger partial charge in [-0.15, -0.1) is 0 Å². The highest BCUT2D eigenvalue weighted by atomic mass is 19.1. The molecule has 1 aliphatic heterocycles. The van der Waals surface area contributed by atoms with E-state index in [9.17, 15) is 19.1 Å². The number of anilines is 1. The Labute approximate surface area is 128 Å². The Kier molecular flexibility index (Phi) is 4.00. The smallest absolute Gasteiger partial charge is 0.408 e. The molecule has 7 heteroatoms. The minimum atomic E-state index is -1.21. The molecule has 22 heavy (non-hydrogen) atoms. The van der Waals surface area contributed by atoms with Gasteiger partial charge in [-0.1, -0.05) is 0 Å². The maximum Gasteiger partial charge on any atom is 0.408 e. The second-order valence-corrected chi connectivity index (χ2v) is 6.16. The fourth-order valence-corrected chi connectivity index (χ4v) is 2.53. The minimum absolute atomic E-state index is 0.120. The van der Waals surface area contributed by atoms with Crippen molar-refractivity contribution in [1.29, 1.82) is 0 Å². The van der Waals surface area contributed by atoms with Gasteiger partial charge in [0, 0.05) is 18.7 Å². The molecule has 0 bridgehead atoms. The molecule has 0 aromatic heterocycles. The number of hydrogen-bond donors (Lipinski definition) is 1. The molecule has 0 saturated heterocycles. The number of rotatable bonds is 1. The van der Waals surface area contributed by atoms with Crippen molar-refractivity contribution in [3.63, 3.8) is 0 Å². The zero-order chi connectivity index (χ0) is 16.7. The molecule has 1 aliphatic rings. The van der Waals surface area contributed by atoms with Crippen LogP contribution in [0.2, 0.25) is 0 Å². The van der Waals surface area contributed by atoms with Crippen molar-refractivity contribution in [2.45, 2.75) is 32.4 Å². The van der Waals surface area contributed by atoms with E-state index in [0.717, 1.165) is 4.90 Å². The topological polar surface area (TPSA) is 70.1 Å². The van der Waals surface area contributed by atoms with E-state index in [1.165, 1.54) is 30.1 Å². The van der Waals surface area contributed by atoms with Crippen LogP contribution in [0.25, 0.3) is 0 Å². The second-order valence-electron chi connectivity index (χ2n) is 6.16. The Balaban J connectivity index is 2.43. The number of carbonyl (C=O) groups excluding carboxylic acids is 1. The summed E-state index contributed by atoms with van der Waals surface area (Å²) in [6.07, 6.45) is -1.21. The Hall–Kier alpha value is -2.31. The summed E-state index contributed by atoms with van der Waals surface area (Å²) in [4.78, 5) is 26.5. The van der Waals surface area contributed by atoms with Crippen molar-refractivity contribution in [2.75, 3.05) is 18.6 Å². The highest BCUT2D eigenvalue weighted by molar-refractivity contribution is 6.00. The third kappa shape index (κ3) is 2.84. The Morgan fingerprint density at radius 3 is 2.64 bits per heavy atom. The number of benzene rings is 1. The predicted molar refractivity (Wildman–Crippen MR) is 78.7 cm³/mol. The standard InChI is InChI=1S/C15H19FN2O4/c1-15(2,3)18(14(20)21)11-8-22-12-6-5-9(16)7-10(12)17(4)13(11)19/h5-7,11H,8H2,1-4H3,(H,20,21)/t11-/m0/s1. The van der Waals surface area contributed by atoms with E-state index in [1.807, 2.05) is 0 Å². The van der Waals surface area contributed by atoms with E-state index >= 15 is 0 Å². The summed E-state index contributed by atoms with van der Waals surface area (Å²) in [5.74, 6) is -0.605. The van der Waals surface area contributed by atoms with Gasteiger partial charge in [-0.2, -0.15) is 0 Å². The van der Waals surface area contributed by atoms with Crippen LogP contribution in [0, 0.1) is 5.82 Å². The van der Waals surface area contributed by atoms with Crippen molar-refractivity contribution in [2.24, 2.45) is 0 Å². The average molecular weight is 310 g/mol. The van der Waals surface area contributed by atoms with Crippen LogP contribution in [0.15, 0.2) is 18.2 Å². The van der Waals surface area contributed by atoms with Crippen LogP contribution in [0.3, 0.4) is 0 Å². The second kappa shape index (κ2) is 5.47. The molecular weight excluding hydrogens is 291 g/mol. The maximum atomic E-state index is 13.4.